The quantitative estimate of drug-likeness (QED) is 0.0383. The van der Waals surface area contributed by atoms with Crippen molar-refractivity contribution in [2.24, 2.45) is 0 Å². The lowest BCUT2D eigenvalue weighted by molar-refractivity contribution is -0.154. The van der Waals surface area contributed by atoms with Crippen molar-refractivity contribution in [3.63, 3.8) is 0 Å². The molecule has 0 aromatic rings. The number of ether oxygens (including phenoxy) is 2. The van der Waals surface area contributed by atoms with Gasteiger partial charge in [-0.15, -0.1) is 0 Å². The first-order valence-electron chi connectivity index (χ1n) is 23.0. The van der Waals surface area contributed by atoms with E-state index in [4.69, 9.17) is 9.47 Å². The molecule has 4 nitrogen and oxygen atoms in total. The number of hydrogen-bond acceptors (Lipinski definition) is 4. The highest BCUT2D eigenvalue weighted by molar-refractivity contribution is 5.69. The van der Waals surface area contributed by atoms with Crippen molar-refractivity contribution < 1.29 is 19.4 Å². The lowest BCUT2D eigenvalue weighted by Crippen LogP contribution is -2.27. The third-order valence-electron chi connectivity index (χ3n) is 9.80. The fourth-order valence-corrected chi connectivity index (χ4v) is 6.39. The second-order valence-electron chi connectivity index (χ2n) is 15.1. The number of allylic oxidation sites excluding steroid dienone is 12. The van der Waals surface area contributed by atoms with Gasteiger partial charge in [0.25, 0.3) is 0 Å². The summed E-state index contributed by atoms with van der Waals surface area (Å²) in [4.78, 5) is 12.2. The third kappa shape index (κ3) is 44.2. The molecule has 0 amide bonds. The predicted molar refractivity (Wildman–Crippen MR) is 237 cm³/mol. The Labute approximate surface area is 336 Å². The molecule has 1 atom stereocenters. The van der Waals surface area contributed by atoms with E-state index in [1.807, 2.05) is 0 Å². The lowest BCUT2D eigenvalue weighted by atomic mass is 10.0. The monoisotopic (exact) mass is 753 g/mol. The maximum absolute atomic E-state index is 12.2. The SMILES string of the molecule is CC/C=C\C/C=C\C/C=C\C/C=C\C/C=C\C/C=C\CCCCCCC(=O)OC(CO)COCCCCCCCCCCCCCCCCCCCCC. The molecule has 312 valence electrons. The minimum absolute atomic E-state index is 0.184. The van der Waals surface area contributed by atoms with Crippen LogP contribution in [-0.4, -0.2) is 37.0 Å². The molecule has 0 aliphatic heterocycles. The van der Waals surface area contributed by atoms with E-state index >= 15 is 0 Å². The van der Waals surface area contributed by atoms with Crippen molar-refractivity contribution >= 4 is 5.97 Å². The van der Waals surface area contributed by atoms with Crippen LogP contribution in [0.15, 0.2) is 72.9 Å². The zero-order valence-corrected chi connectivity index (χ0v) is 35.7. The molecule has 0 aliphatic rings. The molecule has 0 spiro atoms. The van der Waals surface area contributed by atoms with Gasteiger partial charge < -0.3 is 14.6 Å². The van der Waals surface area contributed by atoms with Gasteiger partial charge in [-0.25, -0.2) is 0 Å². The first-order chi connectivity index (χ1) is 26.7. The third-order valence-corrected chi connectivity index (χ3v) is 9.80. The van der Waals surface area contributed by atoms with Crippen LogP contribution in [0.5, 0.6) is 0 Å². The predicted octanol–water partition coefficient (Wildman–Crippen LogP) is 15.4. The molecule has 0 rings (SSSR count). The van der Waals surface area contributed by atoms with Crippen LogP contribution in [0, 0.1) is 0 Å². The Kier molecular flexibility index (Phi) is 45.1. The number of aliphatic hydroxyl groups is 1. The zero-order chi connectivity index (χ0) is 39.1. The van der Waals surface area contributed by atoms with Crippen molar-refractivity contribution in [1.29, 1.82) is 0 Å². The van der Waals surface area contributed by atoms with E-state index in [9.17, 15) is 9.90 Å². The summed E-state index contributed by atoms with van der Waals surface area (Å²) in [6.07, 6.45) is 64.0. The molecular weight excluding hydrogens is 665 g/mol. The van der Waals surface area contributed by atoms with Crippen LogP contribution in [0.3, 0.4) is 0 Å². The van der Waals surface area contributed by atoms with E-state index < -0.39 is 6.10 Å². The zero-order valence-electron chi connectivity index (χ0n) is 35.7. The molecular formula is C50H88O4. The second-order valence-corrected chi connectivity index (χ2v) is 15.1. The Hall–Kier alpha value is -2.17. The second kappa shape index (κ2) is 47.0. The first kappa shape index (κ1) is 51.8. The Morgan fingerprint density at radius 1 is 0.463 bits per heavy atom. The maximum Gasteiger partial charge on any atom is 0.306 e. The minimum Gasteiger partial charge on any atom is -0.457 e. The largest absolute Gasteiger partial charge is 0.457 e. The van der Waals surface area contributed by atoms with E-state index in [0.29, 0.717) is 13.0 Å². The number of aliphatic hydroxyl groups excluding tert-OH is 1. The fraction of sp³-hybridized carbons (Fsp3) is 0.740. The summed E-state index contributed by atoms with van der Waals surface area (Å²) in [5, 5.41) is 9.62. The van der Waals surface area contributed by atoms with Crippen molar-refractivity contribution in [3.8, 4) is 0 Å². The number of carbonyl (C=O) groups is 1. The number of carbonyl (C=O) groups excluding carboxylic acids is 1. The molecule has 0 saturated heterocycles. The molecule has 0 fully saturated rings. The van der Waals surface area contributed by atoms with E-state index in [1.165, 1.54) is 116 Å². The molecule has 0 aromatic heterocycles. The van der Waals surface area contributed by atoms with Crippen molar-refractivity contribution in [2.75, 3.05) is 19.8 Å². The number of esters is 1. The van der Waals surface area contributed by atoms with Gasteiger partial charge in [0.05, 0.1) is 13.2 Å². The van der Waals surface area contributed by atoms with Gasteiger partial charge in [0.15, 0.2) is 0 Å². The van der Waals surface area contributed by atoms with Crippen LogP contribution >= 0.6 is 0 Å². The molecule has 0 aliphatic carbocycles. The Morgan fingerprint density at radius 3 is 1.26 bits per heavy atom. The summed E-state index contributed by atoms with van der Waals surface area (Å²) >= 11 is 0. The van der Waals surface area contributed by atoms with Gasteiger partial charge >= 0.3 is 5.97 Å². The van der Waals surface area contributed by atoms with Crippen molar-refractivity contribution in [3.05, 3.63) is 72.9 Å². The summed E-state index contributed by atoms with van der Waals surface area (Å²) in [6.45, 7) is 5.22. The maximum atomic E-state index is 12.2. The molecule has 0 aromatic carbocycles. The highest BCUT2D eigenvalue weighted by atomic mass is 16.6. The molecule has 54 heavy (non-hydrogen) atoms. The van der Waals surface area contributed by atoms with E-state index in [2.05, 4.69) is 86.8 Å². The van der Waals surface area contributed by atoms with E-state index in [0.717, 1.165) is 77.0 Å². The molecule has 0 heterocycles. The highest BCUT2D eigenvalue weighted by Gasteiger charge is 2.13. The molecule has 1 N–H and O–H groups in total. The molecule has 0 saturated carbocycles. The van der Waals surface area contributed by atoms with Gasteiger partial charge in [0, 0.05) is 13.0 Å². The van der Waals surface area contributed by atoms with Crippen LogP contribution in [0.4, 0.5) is 0 Å². The summed E-state index contributed by atoms with van der Waals surface area (Å²) in [6, 6.07) is 0. The number of hydrogen-bond donors (Lipinski definition) is 1. The Bertz CT molecular complexity index is 927. The van der Waals surface area contributed by atoms with Gasteiger partial charge in [0.1, 0.15) is 6.10 Å². The summed E-state index contributed by atoms with van der Waals surface area (Å²) in [7, 11) is 0. The molecule has 4 heteroatoms. The normalized spacial score (nSPS) is 13.0. The van der Waals surface area contributed by atoms with E-state index in [1.54, 1.807) is 0 Å². The van der Waals surface area contributed by atoms with Crippen molar-refractivity contribution in [1.82, 2.24) is 0 Å². The average Bonchev–Trinajstić information content (AvgIpc) is 3.18. The van der Waals surface area contributed by atoms with Crippen LogP contribution in [-0.2, 0) is 14.3 Å². The Balaban J connectivity index is 3.50. The summed E-state index contributed by atoms with van der Waals surface area (Å²) in [5.74, 6) is -0.224. The topological polar surface area (TPSA) is 55.8 Å². The minimum atomic E-state index is -0.550. The van der Waals surface area contributed by atoms with Crippen LogP contribution in [0.25, 0.3) is 0 Å². The standard InChI is InChI=1S/C50H88O4/c1-3-5-7-9-11-13-15-17-19-21-23-24-25-26-27-29-31-33-35-37-39-41-43-45-50(52)54-49(47-51)48-53-46-44-42-40-38-36-34-32-30-28-22-20-18-16-14-12-10-8-6-4-2/h5,7,11,13,17,19,23-24,26-27,31,33,49,51H,3-4,6,8-10,12,14-16,18,20-22,25,28-30,32,34-48H2,1-2H3/b7-5-,13-11-,19-17-,24-23-,27-26-,33-31-. The van der Waals surface area contributed by atoms with Gasteiger partial charge in [-0.1, -0.05) is 215 Å². The molecule has 0 bridgehead atoms. The smallest absolute Gasteiger partial charge is 0.306 e. The highest BCUT2D eigenvalue weighted by Crippen LogP contribution is 2.15. The van der Waals surface area contributed by atoms with Crippen molar-refractivity contribution in [2.45, 2.75) is 219 Å². The first-order valence-corrected chi connectivity index (χ1v) is 23.0. The summed E-state index contributed by atoms with van der Waals surface area (Å²) in [5.41, 5.74) is 0. The number of rotatable bonds is 42. The van der Waals surface area contributed by atoms with Crippen LogP contribution < -0.4 is 0 Å². The van der Waals surface area contributed by atoms with Crippen LogP contribution in [0.2, 0.25) is 0 Å². The van der Waals surface area contributed by atoms with Gasteiger partial charge in [-0.2, -0.15) is 0 Å². The lowest BCUT2D eigenvalue weighted by Gasteiger charge is -2.15. The Morgan fingerprint density at radius 2 is 0.833 bits per heavy atom. The fourth-order valence-electron chi connectivity index (χ4n) is 6.39. The summed E-state index contributed by atoms with van der Waals surface area (Å²) < 4.78 is 11.2. The van der Waals surface area contributed by atoms with Gasteiger partial charge in [0.2, 0.25) is 0 Å². The molecule has 1 unspecified atom stereocenters. The number of unbranched alkanes of at least 4 members (excludes halogenated alkanes) is 22. The van der Waals surface area contributed by atoms with E-state index in [-0.39, 0.29) is 19.2 Å². The van der Waals surface area contributed by atoms with Gasteiger partial charge in [-0.05, 0) is 64.2 Å². The molecule has 0 radical (unpaired) electrons. The average molecular weight is 753 g/mol. The van der Waals surface area contributed by atoms with Crippen LogP contribution in [0.1, 0.15) is 213 Å². The van der Waals surface area contributed by atoms with Gasteiger partial charge in [-0.3, -0.25) is 4.79 Å².